The van der Waals surface area contributed by atoms with E-state index in [4.69, 9.17) is 24.4 Å². The molecule has 0 aromatic heterocycles. The van der Waals surface area contributed by atoms with Crippen LogP contribution in [0.2, 0.25) is 0 Å². The van der Waals surface area contributed by atoms with Crippen molar-refractivity contribution < 1.29 is 4.92 Å². The molecule has 0 aliphatic rings. The smallest absolute Gasteiger partial charge is 0.269 e. The number of rotatable bonds is 6. The maximum atomic E-state index is 11.0. The Hall–Kier alpha value is -3.44. The van der Waals surface area contributed by atoms with Gasteiger partial charge in [0.05, 0.1) is 4.92 Å². The van der Waals surface area contributed by atoms with Crippen molar-refractivity contribution in [1.29, 1.82) is 0 Å². The van der Waals surface area contributed by atoms with Crippen LogP contribution in [0.15, 0.2) is 64.8 Å². The van der Waals surface area contributed by atoms with Crippen molar-refractivity contribution in [3.8, 4) is 0 Å². The maximum Gasteiger partial charge on any atom is 0.269 e. The number of nitro benzene ring substituents is 1. The van der Waals surface area contributed by atoms with E-state index in [0.29, 0.717) is 27.2 Å². The van der Waals surface area contributed by atoms with Crippen LogP contribution in [0.25, 0.3) is 0 Å². The molecule has 2 aromatic carbocycles. The molecule has 0 aliphatic carbocycles. The lowest BCUT2D eigenvalue weighted by Crippen LogP contribution is -2.33. The Balaban J connectivity index is 2.58. The van der Waals surface area contributed by atoms with Gasteiger partial charge in [-0.1, -0.05) is 30.3 Å². The summed E-state index contributed by atoms with van der Waals surface area (Å²) in [6.45, 7) is 0. The van der Waals surface area contributed by atoms with Gasteiger partial charge in [0.2, 0.25) is 0 Å². The molecule has 2 rings (SSSR count). The molecule has 2 aromatic rings. The SMILES string of the molecule is CNC(=S)NN=C(C(=NNC(=S)NC)c1ccc([N+](=O)[O-])cc1)c1ccccc1. The number of hydrogen-bond acceptors (Lipinski definition) is 6. The van der Waals surface area contributed by atoms with Gasteiger partial charge in [0.25, 0.3) is 5.69 Å². The minimum atomic E-state index is -0.464. The zero-order valence-corrected chi connectivity index (χ0v) is 17.3. The van der Waals surface area contributed by atoms with Crippen molar-refractivity contribution in [1.82, 2.24) is 21.5 Å². The molecule has 9 nitrogen and oxygen atoms in total. The van der Waals surface area contributed by atoms with Crippen LogP contribution in [0, 0.1) is 10.1 Å². The fourth-order valence-corrected chi connectivity index (χ4v) is 2.26. The van der Waals surface area contributed by atoms with Crippen molar-refractivity contribution in [3.05, 3.63) is 75.8 Å². The third-order valence-electron chi connectivity index (χ3n) is 3.62. The Bertz CT molecular complexity index is 944. The summed E-state index contributed by atoms with van der Waals surface area (Å²) in [6.07, 6.45) is 0. The van der Waals surface area contributed by atoms with E-state index in [1.807, 2.05) is 30.3 Å². The van der Waals surface area contributed by atoms with Crippen LogP contribution in [0.5, 0.6) is 0 Å². The zero-order chi connectivity index (χ0) is 21.2. The molecule has 0 radical (unpaired) electrons. The summed E-state index contributed by atoms with van der Waals surface area (Å²) in [5.41, 5.74) is 7.69. The first kappa shape index (κ1) is 21.9. The highest BCUT2D eigenvalue weighted by molar-refractivity contribution is 7.80. The second-order valence-electron chi connectivity index (χ2n) is 5.47. The fourth-order valence-electron chi connectivity index (χ4n) is 2.17. The van der Waals surface area contributed by atoms with Gasteiger partial charge in [0, 0.05) is 37.4 Å². The van der Waals surface area contributed by atoms with E-state index in [1.165, 1.54) is 12.1 Å². The molecular weight excluding hydrogens is 410 g/mol. The highest BCUT2D eigenvalue weighted by Gasteiger charge is 2.17. The topological polar surface area (TPSA) is 116 Å². The maximum absolute atomic E-state index is 11.0. The number of hydrazone groups is 2. The minimum absolute atomic E-state index is 0.0282. The van der Waals surface area contributed by atoms with Crippen LogP contribution in [0.4, 0.5) is 5.69 Å². The first-order chi connectivity index (χ1) is 14.0. The van der Waals surface area contributed by atoms with Gasteiger partial charge in [-0.15, -0.1) is 0 Å². The molecule has 150 valence electrons. The van der Waals surface area contributed by atoms with Crippen LogP contribution in [-0.4, -0.2) is 40.7 Å². The number of thiocarbonyl (C=S) groups is 2. The van der Waals surface area contributed by atoms with E-state index in [0.717, 1.165) is 5.56 Å². The first-order valence-electron chi connectivity index (χ1n) is 8.37. The van der Waals surface area contributed by atoms with Gasteiger partial charge in [0.15, 0.2) is 10.2 Å². The number of nitro groups is 1. The Morgan fingerprint density at radius 3 is 1.69 bits per heavy atom. The highest BCUT2D eigenvalue weighted by atomic mass is 32.1. The van der Waals surface area contributed by atoms with Gasteiger partial charge in [0.1, 0.15) is 11.4 Å². The van der Waals surface area contributed by atoms with E-state index in [2.05, 4.69) is 31.7 Å². The second-order valence-corrected chi connectivity index (χ2v) is 6.29. The molecule has 0 saturated carbocycles. The molecule has 4 N–H and O–H groups in total. The molecule has 0 bridgehead atoms. The second kappa shape index (κ2) is 10.8. The van der Waals surface area contributed by atoms with E-state index in [1.54, 1.807) is 26.2 Å². The summed E-state index contributed by atoms with van der Waals surface area (Å²) < 4.78 is 0. The Labute approximate surface area is 178 Å². The minimum Gasteiger partial charge on any atom is -0.364 e. The predicted molar refractivity (Wildman–Crippen MR) is 122 cm³/mol. The average Bonchev–Trinajstić information content (AvgIpc) is 2.76. The number of nitrogens with one attached hydrogen (secondary N) is 4. The normalized spacial score (nSPS) is 11.4. The Morgan fingerprint density at radius 1 is 0.828 bits per heavy atom. The van der Waals surface area contributed by atoms with Gasteiger partial charge in [-0.2, -0.15) is 10.2 Å². The lowest BCUT2D eigenvalue weighted by Gasteiger charge is -2.13. The van der Waals surface area contributed by atoms with Crippen molar-refractivity contribution in [3.63, 3.8) is 0 Å². The van der Waals surface area contributed by atoms with Crippen LogP contribution in [-0.2, 0) is 0 Å². The fraction of sp³-hybridized carbons (Fsp3) is 0.111. The summed E-state index contributed by atoms with van der Waals surface area (Å²) in [5, 5.41) is 25.9. The number of nitrogens with zero attached hydrogens (tertiary/aromatic N) is 3. The predicted octanol–water partition coefficient (Wildman–Crippen LogP) is 1.89. The summed E-state index contributed by atoms with van der Waals surface area (Å²) >= 11 is 10.2. The third-order valence-corrected chi connectivity index (χ3v) is 4.21. The van der Waals surface area contributed by atoms with Crippen LogP contribution in [0.1, 0.15) is 11.1 Å². The van der Waals surface area contributed by atoms with Gasteiger partial charge >= 0.3 is 0 Å². The molecule has 29 heavy (non-hydrogen) atoms. The summed E-state index contributed by atoms with van der Waals surface area (Å²) in [7, 11) is 3.33. The molecule has 0 fully saturated rings. The van der Waals surface area contributed by atoms with Crippen molar-refractivity contribution in [2.24, 2.45) is 10.2 Å². The quantitative estimate of drug-likeness (QED) is 0.238. The molecular formula is C18H19N7O2S2. The van der Waals surface area contributed by atoms with E-state index < -0.39 is 4.92 Å². The zero-order valence-electron chi connectivity index (χ0n) is 15.7. The molecule has 0 aliphatic heterocycles. The van der Waals surface area contributed by atoms with Gasteiger partial charge in [-0.05, 0) is 36.6 Å². The molecule has 0 heterocycles. The molecule has 11 heteroatoms. The number of benzene rings is 2. The van der Waals surface area contributed by atoms with Crippen molar-refractivity contribution >= 4 is 51.8 Å². The van der Waals surface area contributed by atoms with Gasteiger partial charge < -0.3 is 10.6 Å². The summed E-state index contributed by atoms with van der Waals surface area (Å²) in [6, 6.07) is 15.3. The lowest BCUT2D eigenvalue weighted by atomic mass is 9.99. The first-order valence-corrected chi connectivity index (χ1v) is 9.19. The Morgan fingerprint density at radius 2 is 1.28 bits per heavy atom. The summed E-state index contributed by atoms with van der Waals surface area (Å²) in [4.78, 5) is 10.5. The van der Waals surface area contributed by atoms with Gasteiger partial charge in [-0.25, -0.2) is 0 Å². The van der Waals surface area contributed by atoms with Gasteiger partial charge in [-0.3, -0.25) is 21.0 Å². The van der Waals surface area contributed by atoms with Crippen LogP contribution in [0.3, 0.4) is 0 Å². The highest BCUT2D eigenvalue weighted by Crippen LogP contribution is 2.15. The van der Waals surface area contributed by atoms with E-state index >= 15 is 0 Å². The third kappa shape index (κ3) is 6.30. The molecule has 0 spiro atoms. The molecule has 0 unspecified atom stereocenters. The van der Waals surface area contributed by atoms with Crippen LogP contribution < -0.4 is 21.5 Å². The monoisotopic (exact) mass is 429 g/mol. The van der Waals surface area contributed by atoms with E-state index in [-0.39, 0.29) is 5.69 Å². The Kier molecular flexibility index (Phi) is 8.12. The average molecular weight is 430 g/mol. The number of non-ortho nitro benzene ring substituents is 1. The van der Waals surface area contributed by atoms with Crippen molar-refractivity contribution in [2.45, 2.75) is 0 Å². The largest absolute Gasteiger partial charge is 0.364 e. The number of hydrogen-bond donors (Lipinski definition) is 4. The standard InChI is InChI=1S/C18H19N7O2S2/c1-19-17(28)23-21-15(12-6-4-3-5-7-12)16(22-24-18(29)20-2)13-8-10-14(11-9-13)25(26)27/h3-11H,1-2H3,(H2,19,23,28)(H2,20,24,29). The molecule has 0 amide bonds. The lowest BCUT2D eigenvalue weighted by molar-refractivity contribution is -0.384. The molecule has 0 saturated heterocycles. The van der Waals surface area contributed by atoms with Crippen LogP contribution >= 0.6 is 24.4 Å². The summed E-state index contributed by atoms with van der Waals surface area (Å²) in [5.74, 6) is 0. The van der Waals surface area contributed by atoms with E-state index in [9.17, 15) is 10.1 Å². The molecule has 0 atom stereocenters. The van der Waals surface area contributed by atoms with Crippen molar-refractivity contribution in [2.75, 3.05) is 14.1 Å².